The third-order valence-corrected chi connectivity index (χ3v) is 5.54. The Balaban J connectivity index is 1.60. The molecule has 0 radical (unpaired) electrons. The van der Waals surface area contributed by atoms with E-state index in [1.165, 1.54) is 10.8 Å². The van der Waals surface area contributed by atoms with E-state index in [0.29, 0.717) is 25.3 Å². The fourth-order valence-electron chi connectivity index (χ4n) is 3.80. The van der Waals surface area contributed by atoms with E-state index in [2.05, 4.69) is 29.1 Å². The average Bonchev–Trinajstić information content (AvgIpc) is 2.93. The number of carboxylic acids is 1. The SMILES string of the molecule is NC(CCCCB(O)O)(C(=O)O)C1CC(n2cc3ccccc3c2)C1. The Kier molecular flexibility index (Phi) is 5.17. The van der Waals surface area contributed by atoms with E-state index in [-0.39, 0.29) is 12.2 Å². The second-order valence-corrected chi connectivity index (χ2v) is 7.23. The van der Waals surface area contributed by atoms with Crippen molar-refractivity contribution in [3.05, 3.63) is 36.7 Å². The molecule has 0 aliphatic heterocycles. The van der Waals surface area contributed by atoms with Crippen LogP contribution in [0.3, 0.4) is 0 Å². The van der Waals surface area contributed by atoms with Crippen molar-refractivity contribution in [2.75, 3.05) is 0 Å². The largest absolute Gasteiger partial charge is 0.480 e. The number of rotatable bonds is 8. The van der Waals surface area contributed by atoms with Gasteiger partial charge in [0.15, 0.2) is 0 Å². The lowest BCUT2D eigenvalue weighted by Gasteiger charge is -2.45. The molecule has 5 N–H and O–H groups in total. The van der Waals surface area contributed by atoms with Crippen LogP contribution in [0.2, 0.25) is 6.32 Å². The molecule has 7 heteroatoms. The number of nitrogens with zero attached hydrogens (tertiary/aromatic N) is 1. The van der Waals surface area contributed by atoms with Crippen LogP contribution in [-0.2, 0) is 4.79 Å². The minimum atomic E-state index is -1.34. The Morgan fingerprint density at radius 3 is 2.32 bits per heavy atom. The van der Waals surface area contributed by atoms with Crippen LogP contribution in [-0.4, -0.2) is 38.3 Å². The molecule has 0 saturated heterocycles. The summed E-state index contributed by atoms with van der Waals surface area (Å²) < 4.78 is 2.17. The van der Waals surface area contributed by atoms with Crippen LogP contribution in [0.1, 0.15) is 38.1 Å². The van der Waals surface area contributed by atoms with Crippen LogP contribution < -0.4 is 5.73 Å². The van der Waals surface area contributed by atoms with Gasteiger partial charge in [-0.05, 0) is 42.3 Å². The Morgan fingerprint density at radius 2 is 1.80 bits per heavy atom. The summed E-state index contributed by atoms with van der Waals surface area (Å²) in [5.74, 6) is -1.02. The maximum Gasteiger partial charge on any atom is 0.451 e. The third kappa shape index (κ3) is 3.73. The van der Waals surface area contributed by atoms with E-state index < -0.39 is 18.6 Å². The maximum atomic E-state index is 11.7. The molecule has 1 heterocycles. The predicted molar refractivity (Wildman–Crippen MR) is 97.1 cm³/mol. The molecule has 1 aromatic heterocycles. The molecule has 2 aromatic rings. The average molecular weight is 344 g/mol. The van der Waals surface area contributed by atoms with E-state index in [1.54, 1.807) is 0 Å². The van der Waals surface area contributed by atoms with Gasteiger partial charge in [0.25, 0.3) is 0 Å². The van der Waals surface area contributed by atoms with Crippen molar-refractivity contribution in [2.45, 2.75) is 50.0 Å². The molecule has 0 spiro atoms. The van der Waals surface area contributed by atoms with Gasteiger partial charge >= 0.3 is 13.1 Å². The molecule has 1 saturated carbocycles. The summed E-state index contributed by atoms with van der Waals surface area (Å²) >= 11 is 0. The fourth-order valence-corrected chi connectivity index (χ4v) is 3.80. The summed E-state index contributed by atoms with van der Waals surface area (Å²) in [6, 6.07) is 8.45. The highest BCUT2D eigenvalue weighted by atomic mass is 16.4. The smallest absolute Gasteiger partial charge is 0.451 e. The standard InChI is InChI=1S/C18H25BN2O4/c20-18(17(22)23,7-3-4-8-19(24)25)15-9-16(10-15)21-11-13-5-1-2-6-14(13)12-21/h1-2,5-6,11-12,15-16,24-25H,3-4,7-10,20H2,(H,22,23). The molecule has 1 aromatic carbocycles. The van der Waals surface area contributed by atoms with Gasteiger partial charge in [-0.2, -0.15) is 0 Å². The zero-order chi connectivity index (χ0) is 18.0. The lowest BCUT2D eigenvalue weighted by molar-refractivity contribution is -0.148. The van der Waals surface area contributed by atoms with E-state index >= 15 is 0 Å². The van der Waals surface area contributed by atoms with Gasteiger partial charge in [-0.1, -0.05) is 37.1 Å². The molecule has 1 aliphatic carbocycles. The number of nitrogens with two attached hydrogens (primary N) is 1. The minimum absolute atomic E-state index is 0.0560. The van der Waals surface area contributed by atoms with Crippen molar-refractivity contribution in [2.24, 2.45) is 11.7 Å². The summed E-state index contributed by atoms with van der Waals surface area (Å²) in [6.07, 6.45) is 7.48. The normalized spacial score (nSPS) is 22.4. The van der Waals surface area contributed by atoms with E-state index in [1.807, 2.05) is 12.1 Å². The first kappa shape index (κ1) is 18.0. The Hall–Kier alpha value is -1.83. The fraction of sp³-hybridized carbons (Fsp3) is 0.500. The molecule has 134 valence electrons. The predicted octanol–water partition coefficient (Wildman–Crippen LogP) is 2.02. The van der Waals surface area contributed by atoms with Crippen LogP contribution in [0, 0.1) is 5.92 Å². The molecular formula is C18H25BN2O4. The van der Waals surface area contributed by atoms with Gasteiger partial charge in [-0.25, -0.2) is 0 Å². The molecule has 1 fully saturated rings. The number of aliphatic carboxylic acids is 1. The summed E-state index contributed by atoms with van der Waals surface area (Å²) in [5, 5.41) is 29.8. The highest BCUT2D eigenvalue weighted by Gasteiger charge is 2.48. The number of hydrogen-bond acceptors (Lipinski definition) is 4. The molecule has 1 aliphatic rings. The topological polar surface area (TPSA) is 109 Å². The van der Waals surface area contributed by atoms with Crippen molar-refractivity contribution in [3.8, 4) is 0 Å². The van der Waals surface area contributed by atoms with Gasteiger partial charge in [-0.3, -0.25) is 4.79 Å². The summed E-state index contributed by atoms with van der Waals surface area (Å²) in [6.45, 7) is 0. The molecule has 0 amide bonds. The lowest BCUT2D eigenvalue weighted by atomic mass is 9.66. The molecule has 6 nitrogen and oxygen atoms in total. The zero-order valence-electron chi connectivity index (χ0n) is 14.2. The van der Waals surface area contributed by atoms with Crippen LogP contribution in [0.4, 0.5) is 0 Å². The summed E-state index contributed by atoms with van der Waals surface area (Å²) in [5.41, 5.74) is 5.01. The number of carbonyl (C=O) groups is 1. The Labute approximate surface area is 147 Å². The zero-order valence-corrected chi connectivity index (χ0v) is 14.2. The minimum Gasteiger partial charge on any atom is -0.480 e. The second-order valence-electron chi connectivity index (χ2n) is 7.23. The molecule has 25 heavy (non-hydrogen) atoms. The van der Waals surface area contributed by atoms with Crippen molar-refractivity contribution >= 4 is 23.9 Å². The monoisotopic (exact) mass is 344 g/mol. The van der Waals surface area contributed by atoms with Gasteiger partial charge in [0.1, 0.15) is 5.54 Å². The molecular weight excluding hydrogens is 319 g/mol. The first-order valence-corrected chi connectivity index (χ1v) is 8.85. The molecule has 1 unspecified atom stereocenters. The van der Waals surface area contributed by atoms with Gasteiger partial charge in [0, 0.05) is 18.4 Å². The van der Waals surface area contributed by atoms with Gasteiger partial charge in [-0.15, -0.1) is 0 Å². The molecule has 0 bridgehead atoms. The first-order valence-electron chi connectivity index (χ1n) is 8.85. The van der Waals surface area contributed by atoms with Crippen LogP contribution in [0.15, 0.2) is 36.7 Å². The number of carboxylic acid groups (broad SMARTS) is 1. The molecule has 1 atom stereocenters. The maximum absolute atomic E-state index is 11.7. The van der Waals surface area contributed by atoms with Crippen molar-refractivity contribution < 1.29 is 19.9 Å². The number of hydrogen-bond donors (Lipinski definition) is 4. The summed E-state index contributed by atoms with van der Waals surface area (Å²) in [4.78, 5) is 11.7. The quantitative estimate of drug-likeness (QED) is 0.433. The number of aromatic nitrogens is 1. The van der Waals surface area contributed by atoms with Crippen molar-refractivity contribution in [1.82, 2.24) is 4.57 Å². The first-order chi connectivity index (χ1) is 11.9. The van der Waals surface area contributed by atoms with E-state index in [9.17, 15) is 9.90 Å². The lowest BCUT2D eigenvalue weighted by Crippen LogP contribution is -2.58. The number of benzene rings is 1. The van der Waals surface area contributed by atoms with Gasteiger partial charge in [0.2, 0.25) is 0 Å². The van der Waals surface area contributed by atoms with Gasteiger partial charge < -0.3 is 25.5 Å². The third-order valence-electron chi connectivity index (χ3n) is 5.54. The number of fused-ring (bicyclic) bond motifs is 1. The Morgan fingerprint density at radius 1 is 1.20 bits per heavy atom. The van der Waals surface area contributed by atoms with Crippen LogP contribution in [0.25, 0.3) is 10.8 Å². The van der Waals surface area contributed by atoms with Crippen molar-refractivity contribution in [3.63, 3.8) is 0 Å². The van der Waals surface area contributed by atoms with E-state index in [4.69, 9.17) is 15.8 Å². The highest BCUT2D eigenvalue weighted by Crippen LogP contribution is 2.45. The van der Waals surface area contributed by atoms with Crippen molar-refractivity contribution in [1.29, 1.82) is 0 Å². The number of unbranched alkanes of at least 4 members (excludes halogenated alkanes) is 1. The van der Waals surface area contributed by atoms with Crippen LogP contribution >= 0.6 is 0 Å². The summed E-state index contributed by atoms with van der Waals surface area (Å²) in [7, 11) is -1.34. The Bertz CT molecular complexity index is 709. The van der Waals surface area contributed by atoms with Crippen LogP contribution in [0.5, 0.6) is 0 Å². The molecule has 3 rings (SSSR count). The van der Waals surface area contributed by atoms with E-state index in [0.717, 1.165) is 12.8 Å². The second kappa shape index (κ2) is 7.19. The van der Waals surface area contributed by atoms with Gasteiger partial charge in [0.05, 0.1) is 0 Å². The highest BCUT2D eigenvalue weighted by molar-refractivity contribution is 6.40.